The molecule has 0 saturated carbocycles. The third-order valence-electron chi connectivity index (χ3n) is 3.36. The van der Waals surface area contributed by atoms with Crippen molar-refractivity contribution < 1.29 is 9.59 Å². The Balaban J connectivity index is 1.61. The number of benzene rings is 2. The highest BCUT2D eigenvalue weighted by Gasteiger charge is 2.10. The predicted molar refractivity (Wildman–Crippen MR) is 124 cm³/mol. The number of anilines is 2. The quantitative estimate of drug-likeness (QED) is 0.288. The minimum atomic E-state index is -0.148. The first kappa shape index (κ1) is 23.5. The smallest absolute Gasteiger partial charge is 0.225 e. The summed E-state index contributed by atoms with van der Waals surface area (Å²) in [6.45, 7) is 0. The average Bonchev–Trinajstić information content (AvgIpc) is 2.65. The van der Waals surface area contributed by atoms with Crippen molar-refractivity contribution in [2.24, 2.45) is 0 Å². The van der Waals surface area contributed by atoms with Crippen LogP contribution in [0.4, 0.5) is 11.4 Å². The zero-order valence-electron chi connectivity index (χ0n) is 14.4. The zero-order valence-corrected chi connectivity index (χ0v) is 19.1. The summed E-state index contributed by atoms with van der Waals surface area (Å²) in [6.07, 6.45) is 0.648. The fourth-order valence-electron chi connectivity index (χ4n) is 2.01. The molecule has 0 spiro atoms. The van der Waals surface area contributed by atoms with Gasteiger partial charge in [0.15, 0.2) is 0 Å². The van der Waals surface area contributed by atoms with Crippen molar-refractivity contribution in [3.63, 3.8) is 0 Å². The average molecular weight is 498 g/mol. The molecule has 28 heavy (non-hydrogen) atoms. The van der Waals surface area contributed by atoms with Crippen molar-refractivity contribution in [1.29, 1.82) is 0 Å². The summed E-state index contributed by atoms with van der Waals surface area (Å²) in [5.41, 5.74) is 0.987. The molecule has 0 radical (unpaired) electrons. The van der Waals surface area contributed by atoms with Gasteiger partial charge in [0.2, 0.25) is 11.8 Å². The van der Waals surface area contributed by atoms with Gasteiger partial charge in [-0.25, -0.2) is 0 Å². The van der Waals surface area contributed by atoms with E-state index in [-0.39, 0.29) is 11.8 Å². The highest BCUT2D eigenvalue weighted by atomic mass is 35.5. The van der Waals surface area contributed by atoms with E-state index >= 15 is 0 Å². The van der Waals surface area contributed by atoms with E-state index in [1.54, 1.807) is 36.4 Å². The van der Waals surface area contributed by atoms with Crippen molar-refractivity contribution in [2.45, 2.75) is 12.8 Å². The summed E-state index contributed by atoms with van der Waals surface area (Å²) >= 11 is 23.9. The van der Waals surface area contributed by atoms with Gasteiger partial charge in [-0.2, -0.15) is 0 Å². The molecular weight excluding hydrogens is 482 g/mol. The lowest BCUT2D eigenvalue weighted by atomic mass is 10.3. The Bertz CT molecular complexity index is 783. The Hall–Kier alpha value is -0.760. The zero-order chi connectivity index (χ0) is 20.5. The number of hydrogen-bond acceptors (Lipinski definition) is 4. The summed E-state index contributed by atoms with van der Waals surface area (Å²) in [5, 5.41) is 6.89. The van der Waals surface area contributed by atoms with Crippen LogP contribution in [-0.2, 0) is 9.59 Å². The van der Waals surface area contributed by atoms with Gasteiger partial charge in [0, 0.05) is 24.3 Å². The van der Waals surface area contributed by atoms with Crippen LogP contribution in [0.15, 0.2) is 36.4 Å². The lowest BCUT2D eigenvalue weighted by Gasteiger charge is -2.08. The van der Waals surface area contributed by atoms with E-state index in [9.17, 15) is 9.59 Å². The molecule has 0 aromatic heterocycles. The van der Waals surface area contributed by atoms with Crippen LogP contribution in [-0.4, -0.2) is 23.3 Å². The Morgan fingerprint density at radius 3 is 1.50 bits per heavy atom. The number of hydrogen-bond donors (Lipinski definition) is 2. The van der Waals surface area contributed by atoms with E-state index in [1.807, 2.05) is 0 Å². The van der Waals surface area contributed by atoms with Crippen molar-refractivity contribution >= 4 is 91.2 Å². The largest absolute Gasteiger partial charge is 0.325 e. The monoisotopic (exact) mass is 496 g/mol. The molecule has 4 nitrogen and oxygen atoms in total. The molecule has 2 rings (SSSR count). The number of nitrogens with one attached hydrogen (secondary N) is 2. The maximum atomic E-state index is 12.0. The first-order valence-corrected chi connectivity index (χ1v) is 12.1. The summed E-state index contributed by atoms with van der Waals surface area (Å²) < 4.78 is 0. The van der Waals surface area contributed by atoms with Crippen LogP contribution in [0, 0.1) is 0 Å². The third kappa shape index (κ3) is 7.58. The lowest BCUT2D eigenvalue weighted by Crippen LogP contribution is -2.13. The molecule has 0 saturated heterocycles. The second kappa shape index (κ2) is 12.1. The molecule has 0 atom stereocenters. The van der Waals surface area contributed by atoms with E-state index in [0.29, 0.717) is 55.8 Å². The number of carbonyl (C=O) groups is 2. The number of rotatable bonds is 9. The summed E-state index contributed by atoms with van der Waals surface area (Å²) in [4.78, 5) is 23.9. The van der Waals surface area contributed by atoms with Gasteiger partial charge >= 0.3 is 0 Å². The van der Waals surface area contributed by atoms with E-state index in [0.717, 1.165) is 0 Å². The Morgan fingerprint density at radius 1 is 0.714 bits per heavy atom. The molecule has 0 fully saturated rings. The van der Waals surface area contributed by atoms with E-state index < -0.39 is 0 Å². The molecule has 10 heteroatoms. The van der Waals surface area contributed by atoms with Crippen molar-refractivity contribution in [2.75, 3.05) is 22.1 Å². The van der Waals surface area contributed by atoms with Gasteiger partial charge in [-0.3, -0.25) is 9.59 Å². The molecule has 2 amide bonds. The second-order valence-electron chi connectivity index (χ2n) is 5.44. The van der Waals surface area contributed by atoms with Crippen LogP contribution in [0.3, 0.4) is 0 Å². The van der Waals surface area contributed by atoms with Crippen LogP contribution in [0.25, 0.3) is 0 Å². The standard InChI is InChI=1S/C18H16Cl4N2O2S2/c19-11-3-1-5-13(17(11)21)23-15(25)7-9-27-28-10-8-16(26)24-14-6-2-4-12(20)18(14)22/h1-6H,7-10H2,(H,23,25)(H,24,26). The molecule has 0 unspecified atom stereocenters. The SMILES string of the molecule is O=C(CCSSCCC(=O)Nc1cccc(Cl)c1Cl)Nc1cccc(Cl)c1Cl. The van der Waals surface area contributed by atoms with Crippen LogP contribution in [0.2, 0.25) is 20.1 Å². The van der Waals surface area contributed by atoms with Gasteiger partial charge in [0.25, 0.3) is 0 Å². The van der Waals surface area contributed by atoms with Gasteiger partial charge in [-0.15, -0.1) is 0 Å². The fraction of sp³-hybridized carbons (Fsp3) is 0.222. The lowest BCUT2D eigenvalue weighted by molar-refractivity contribution is -0.116. The van der Waals surface area contributed by atoms with Gasteiger partial charge in [0.1, 0.15) is 0 Å². The molecule has 2 aromatic carbocycles. The molecular formula is C18H16Cl4N2O2S2. The normalized spacial score (nSPS) is 10.6. The van der Waals surface area contributed by atoms with E-state index in [1.165, 1.54) is 21.6 Å². The van der Waals surface area contributed by atoms with E-state index in [2.05, 4.69) is 10.6 Å². The van der Waals surface area contributed by atoms with Crippen molar-refractivity contribution in [3.8, 4) is 0 Å². The fourth-order valence-corrected chi connectivity index (χ4v) is 4.69. The van der Waals surface area contributed by atoms with Crippen molar-refractivity contribution in [1.82, 2.24) is 0 Å². The minimum absolute atomic E-state index is 0.148. The molecule has 0 heterocycles. The Kier molecular flexibility index (Phi) is 10.1. The predicted octanol–water partition coefficient (Wildman–Crippen LogP) is 7.04. The summed E-state index contributed by atoms with van der Waals surface area (Å²) in [5.74, 6) is 0.920. The maximum Gasteiger partial charge on any atom is 0.225 e. The molecule has 2 N–H and O–H groups in total. The summed E-state index contributed by atoms with van der Waals surface area (Å²) in [6, 6.07) is 10.1. The van der Waals surface area contributed by atoms with Gasteiger partial charge in [0.05, 0.1) is 31.5 Å². The molecule has 150 valence electrons. The Labute approximate surface area is 191 Å². The molecule has 0 bridgehead atoms. The Morgan fingerprint density at radius 2 is 1.11 bits per heavy atom. The third-order valence-corrected chi connectivity index (χ3v) is 7.41. The van der Waals surface area contributed by atoms with E-state index in [4.69, 9.17) is 46.4 Å². The topological polar surface area (TPSA) is 58.2 Å². The minimum Gasteiger partial charge on any atom is -0.325 e. The maximum absolute atomic E-state index is 12.0. The van der Waals surface area contributed by atoms with Crippen LogP contribution >= 0.6 is 68.0 Å². The first-order chi connectivity index (χ1) is 13.4. The van der Waals surface area contributed by atoms with Crippen LogP contribution < -0.4 is 10.6 Å². The second-order valence-corrected chi connectivity index (χ2v) is 9.72. The number of amides is 2. The highest BCUT2D eigenvalue weighted by Crippen LogP contribution is 2.31. The molecule has 2 aromatic rings. The summed E-state index contributed by atoms with van der Waals surface area (Å²) in [7, 11) is 3.05. The van der Waals surface area contributed by atoms with Gasteiger partial charge < -0.3 is 10.6 Å². The van der Waals surface area contributed by atoms with Crippen LogP contribution in [0.5, 0.6) is 0 Å². The number of halogens is 4. The first-order valence-electron chi connectivity index (χ1n) is 8.10. The molecule has 0 aliphatic rings. The molecule has 0 aliphatic heterocycles. The van der Waals surface area contributed by atoms with Gasteiger partial charge in [-0.1, -0.05) is 80.1 Å². The highest BCUT2D eigenvalue weighted by molar-refractivity contribution is 8.76. The van der Waals surface area contributed by atoms with Crippen LogP contribution in [0.1, 0.15) is 12.8 Å². The molecule has 0 aliphatic carbocycles. The van der Waals surface area contributed by atoms with Gasteiger partial charge in [-0.05, 0) is 24.3 Å². The number of carbonyl (C=O) groups excluding carboxylic acids is 2. The van der Waals surface area contributed by atoms with Crippen molar-refractivity contribution in [3.05, 3.63) is 56.5 Å².